The molecule has 9 heteroatoms. The van der Waals surface area contributed by atoms with Crippen LogP contribution in [0.4, 0.5) is 10.1 Å². The predicted molar refractivity (Wildman–Crippen MR) is 163 cm³/mol. The molecular weight excluding hydrogens is 555 g/mol. The van der Waals surface area contributed by atoms with Crippen molar-refractivity contribution in [1.82, 2.24) is 15.1 Å². The number of carbonyl (C=O) groups is 3. The van der Waals surface area contributed by atoms with Crippen molar-refractivity contribution in [3.63, 3.8) is 0 Å². The number of nitrogens with one attached hydrogen (secondary N) is 1. The summed E-state index contributed by atoms with van der Waals surface area (Å²) in [5.41, 5.74) is 2.62. The number of hydrogen-bond donors (Lipinski definition) is 1. The number of fused-ring (bicyclic) bond motifs is 2. The quantitative estimate of drug-likeness (QED) is 0.436. The molecule has 3 aliphatic rings. The summed E-state index contributed by atoms with van der Waals surface area (Å²) >= 11 is 6.47. The van der Waals surface area contributed by atoms with Crippen molar-refractivity contribution < 1.29 is 18.8 Å². The van der Waals surface area contributed by atoms with Crippen LogP contribution >= 0.6 is 11.6 Å². The number of halogens is 2. The molecule has 3 heterocycles. The molecule has 0 spiro atoms. The zero-order valence-electron chi connectivity index (χ0n) is 24.7. The number of rotatable bonds is 9. The molecule has 42 heavy (non-hydrogen) atoms. The van der Waals surface area contributed by atoms with Crippen molar-refractivity contribution >= 4 is 35.0 Å². The molecule has 5 rings (SSSR count). The molecule has 2 aromatic carbocycles. The summed E-state index contributed by atoms with van der Waals surface area (Å²) in [6, 6.07) is 12.9. The molecule has 3 amide bonds. The lowest BCUT2D eigenvalue weighted by Crippen LogP contribution is -2.51. The standard InChI is InChI=1S/C33H42ClFN4O3/c1-22-4-9-30(21-31(22)34)39(33(42)25-12-16-37(17-13-25)23(2)40)15-3-14-38-28-10-11-29(38)20-27(19-28)36-32(41)18-24-5-7-26(35)8-6-24/h4-9,21,25,27-29H,3,10-20H2,1-2H3,(H,36,41). The third kappa shape index (κ3) is 7.32. The van der Waals surface area contributed by atoms with E-state index in [1.54, 1.807) is 19.1 Å². The number of benzene rings is 2. The normalized spacial score (nSPS) is 22.7. The predicted octanol–water partition coefficient (Wildman–Crippen LogP) is 5.12. The van der Waals surface area contributed by atoms with Crippen LogP contribution < -0.4 is 10.2 Å². The van der Waals surface area contributed by atoms with E-state index in [2.05, 4.69) is 10.2 Å². The van der Waals surface area contributed by atoms with Gasteiger partial charge in [0.1, 0.15) is 5.82 Å². The third-order valence-corrected chi connectivity index (χ3v) is 9.76. The van der Waals surface area contributed by atoms with E-state index in [0.29, 0.717) is 49.6 Å². The Morgan fingerprint density at radius 3 is 2.29 bits per heavy atom. The summed E-state index contributed by atoms with van der Waals surface area (Å²) < 4.78 is 13.2. The molecule has 0 aliphatic carbocycles. The van der Waals surface area contributed by atoms with E-state index in [1.165, 1.54) is 12.1 Å². The van der Waals surface area contributed by atoms with Crippen LogP contribution in [0.3, 0.4) is 0 Å². The van der Waals surface area contributed by atoms with E-state index >= 15 is 0 Å². The smallest absolute Gasteiger partial charge is 0.230 e. The first-order chi connectivity index (χ1) is 20.2. The first-order valence-electron chi connectivity index (χ1n) is 15.3. The van der Waals surface area contributed by atoms with E-state index in [0.717, 1.165) is 55.5 Å². The highest BCUT2D eigenvalue weighted by Crippen LogP contribution is 2.36. The van der Waals surface area contributed by atoms with Gasteiger partial charge in [-0.25, -0.2) is 4.39 Å². The lowest BCUT2D eigenvalue weighted by Gasteiger charge is -2.40. The van der Waals surface area contributed by atoms with Gasteiger partial charge in [0.05, 0.1) is 6.42 Å². The molecule has 0 aromatic heterocycles. The third-order valence-electron chi connectivity index (χ3n) is 9.35. The van der Waals surface area contributed by atoms with Crippen LogP contribution in [0.15, 0.2) is 42.5 Å². The maximum Gasteiger partial charge on any atom is 0.230 e. The topological polar surface area (TPSA) is 73.0 Å². The Kier molecular flexibility index (Phi) is 9.84. The molecule has 3 aliphatic heterocycles. The van der Waals surface area contributed by atoms with Crippen LogP contribution in [0.2, 0.25) is 5.02 Å². The van der Waals surface area contributed by atoms with Crippen LogP contribution in [0.5, 0.6) is 0 Å². The number of likely N-dealkylation sites (tertiary alicyclic amines) is 1. The number of hydrogen-bond acceptors (Lipinski definition) is 4. The summed E-state index contributed by atoms with van der Waals surface area (Å²) in [5.74, 6) is -0.239. The second kappa shape index (κ2) is 13.6. The molecule has 3 fully saturated rings. The van der Waals surface area contributed by atoms with Crippen LogP contribution in [-0.2, 0) is 20.8 Å². The van der Waals surface area contributed by atoms with Gasteiger partial charge in [0.2, 0.25) is 17.7 Å². The van der Waals surface area contributed by atoms with E-state index in [1.807, 2.05) is 34.9 Å². The minimum Gasteiger partial charge on any atom is -0.353 e. The van der Waals surface area contributed by atoms with E-state index in [4.69, 9.17) is 11.6 Å². The second-order valence-corrected chi connectivity index (χ2v) is 12.6. The van der Waals surface area contributed by atoms with E-state index in [9.17, 15) is 18.8 Å². The number of nitrogens with zero attached hydrogens (tertiary/aromatic N) is 3. The van der Waals surface area contributed by atoms with Gasteiger partial charge in [0.25, 0.3) is 0 Å². The Hall–Kier alpha value is -2.97. The zero-order chi connectivity index (χ0) is 29.8. The molecule has 1 N–H and O–H groups in total. The van der Waals surface area contributed by atoms with Gasteiger partial charge < -0.3 is 15.1 Å². The maximum absolute atomic E-state index is 13.8. The Balaban J connectivity index is 1.16. The molecule has 0 saturated carbocycles. The van der Waals surface area contributed by atoms with E-state index in [-0.39, 0.29) is 41.9 Å². The number of amides is 3. The molecule has 7 nitrogen and oxygen atoms in total. The number of anilines is 1. The van der Waals surface area contributed by atoms with Gasteiger partial charge in [-0.1, -0.05) is 29.8 Å². The van der Waals surface area contributed by atoms with Crippen molar-refractivity contribution in [3.8, 4) is 0 Å². The Morgan fingerprint density at radius 1 is 1.00 bits per heavy atom. The van der Waals surface area contributed by atoms with Crippen molar-refractivity contribution in [2.24, 2.45) is 5.92 Å². The molecule has 0 radical (unpaired) electrons. The van der Waals surface area contributed by atoms with Crippen LogP contribution in [0.1, 0.15) is 63.0 Å². The number of piperidine rings is 2. The summed E-state index contributed by atoms with van der Waals surface area (Å²) in [7, 11) is 0. The second-order valence-electron chi connectivity index (χ2n) is 12.2. The number of carbonyl (C=O) groups excluding carboxylic acids is 3. The van der Waals surface area contributed by atoms with Crippen molar-refractivity contribution in [2.75, 3.05) is 31.1 Å². The van der Waals surface area contributed by atoms with Crippen LogP contribution in [0.25, 0.3) is 0 Å². The maximum atomic E-state index is 13.8. The molecule has 2 bridgehead atoms. The van der Waals surface area contributed by atoms with Gasteiger partial charge in [-0.3, -0.25) is 19.3 Å². The van der Waals surface area contributed by atoms with Crippen molar-refractivity contribution in [1.29, 1.82) is 0 Å². The first-order valence-corrected chi connectivity index (χ1v) is 15.7. The fourth-order valence-electron chi connectivity index (χ4n) is 7.01. The average Bonchev–Trinajstić information content (AvgIpc) is 3.20. The lowest BCUT2D eigenvalue weighted by molar-refractivity contribution is -0.133. The van der Waals surface area contributed by atoms with Gasteiger partial charge in [-0.15, -0.1) is 0 Å². The molecule has 2 atom stereocenters. The summed E-state index contributed by atoms with van der Waals surface area (Å²) in [5, 5.41) is 3.87. The molecular formula is C33H42ClFN4O3. The molecule has 226 valence electrons. The lowest BCUT2D eigenvalue weighted by atomic mass is 9.94. The highest BCUT2D eigenvalue weighted by molar-refractivity contribution is 6.31. The average molecular weight is 597 g/mol. The van der Waals surface area contributed by atoms with Gasteiger partial charge in [-0.2, -0.15) is 0 Å². The summed E-state index contributed by atoms with van der Waals surface area (Å²) in [6.07, 6.45) is 6.57. The molecule has 2 aromatic rings. The fraction of sp³-hybridized carbons (Fsp3) is 0.545. The summed E-state index contributed by atoms with van der Waals surface area (Å²) in [4.78, 5) is 44.6. The highest BCUT2D eigenvalue weighted by Gasteiger charge is 2.41. The highest BCUT2D eigenvalue weighted by atomic mass is 35.5. The Morgan fingerprint density at radius 2 is 1.67 bits per heavy atom. The minimum atomic E-state index is -0.298. The van der Waals surface area contributed by atoms with Gasteiger partial charge >= 0.3 is 0 Å². The van der Waals surface area contributed by atoms with Gasteiger partial charge in [0, 0.05) is 67.9 Å². The Labute approximate surface area is 253 Å². The van der Waals surface area contributed by atoms with Crippen LogP contribution in [0, 0.1) is 18.7 Å². The monoisotopic (exact) mass is 596 g/mol. The largest absolute Gasteiger partial charge is 0.353 e. The fourth-order valence-corrected chi connectivity index (χ4v) is 7.19. The van der Waals surface area contributed by atoms with E-state index < -0.39 is 0 Å². The van der Waals surface area contributed by atoms with Crippen molar-refractivity contribution in [2.45, 2.75) is 83.3 Å². The zero-order valence-corrected chi connectivity index (χ0v) is 25.4. The van der Waals surface area contributed by atoms with Crippen molar-refractivity contribution in [3.05, 3.63) is 64.4 Å². The SMILES string of the molecule is CC(=O)N1CCC(C(=O)N(CCCN2C3CCC2CC(NC(=O)Cc2ccc(F)cc2)C3)c2ccc(C)c(Cl)c2)CC1. The van der Waals surface area contributed by atoms with Gasteiger partial charge in [-0.05, 0) is 87.3 Å². The first kappa shape index (κ1) is 30.5. The Bertz CT molecular complexity index is 1270. The molecule has 2 unspecified atom stereocenters. The minimum absolute atomic E-state index is 0.0143. The summed E-state index contributed by atoms with van der Waals surface area (Å²) in [6.45, 7) is 6.29. The molecule has 3 saturated heterocycles. The van der Waals surface area contributed by atoms with Crippen LogP contribution in [-0.4, -0.2) is 71.8 Å². The number of aryl methyl sites for hydroxylation is 1. The van der Waals surface area contributed by atoms with Gasteiger partial charge in [0.15, 0.2) is 0 Å².